The van der Waals surface area contributed by atoms with E-state index in [0.717, 1.165) is 8.04 Å². The van der Waals surface area contributed by atoms with Gasteiger partial charge in [0.15, 0.2) is 22.9 Å². The zero-order valence-corrected chi connectivity index (χ0v) is 28.4. The molecule has 0 spiro atoms. The van der Waals surface area contributed by atoms with Crippen molar-refractivity contribution in [2.75, 3.05) is 27.4 Å². The van der Waals surface area contributed by atoms with Gasteiger partial charge in [0.05, 0.1) is 46.2 Å². The van der Waals surface area contributed by atoms with E-state index in [2.05, 4.69) is 38.5 Å². The number of hydrogen-bond donors (Lipinski definition) is 0. The first-order chi connectivity index (χ1) is 21.3. The average molecular weight is 786 g/mol. The Morgan fingerprint density at radius 3 is 2.57 bits per heavy atom. The fourth-order valence-corrected chi connectivity index (χ4v) is 7.56. The number of aromatic nitrogens is 1. The van der Waals surface area contributed by atoms with Gasteiger partial charge in [0.25, 0.3) is 5.56 Å². The van der Waals surface area contributed by atoms with E-state index in [9.17, 15) is 9.59 Å². The SMILES string of the molecule is CCOC(=O)C1=C(c2ccccc2)N=c2s/c(=C\c3cc(Br)cc(I)c3OCC#N)c(=O)n2[C@H]1c1ccc(OC)c(OC)c1. The molecule has 0 unspecified atom stereocenters. The summed E-state index contributed by atoms with van der Waals surface area (Å²) in [7, 11) is 3.06. The minimum Gasteiger partial charge on any atom is -0.493 e. The molecule has 0 aliphatic carbocycles. The standard InChI is InChI=1S/C32H25BrIN3O6S/c1-4-42-31(39)26-27(18-8-6-5-7-9-18)36-32-37(28(26)19-10-11-23(40-2)24(15-19)41-3)30(38)25(44-32)16-20-14-21(33)17-22(34)29(20)43-13-12-35/h5-11,14-17,28H,4,13H2,1-3H3/b25-16-/t28-/m0/s1. The molecule has 224 valence electrons. The quantitative estimate of drug-likeness (QED) is 0.169. The highest BCUT2D eigenvalue weighted by Crippen LogP contribution is 2.38. The number of carbonyl (C=O) groups excluding carboxylic acids is 1. The molecule has 1 aliphatic rings. The van der Waals surface area contributed by atoms with Crippen LogP contribution in [0.3, 0.4) is 0 Å². The monoisotopic (exact) mass is 785 g/mol. The Kier molecular flexibility index (Phi) is 9.87. The molecule has 1 aliphatic heterocycles. The highest BCUT2D eigenvalue weighted by atomic mass is 127. The summed E-state index contributed by atoms with van der Waals surface area (Å²) in [6, 6.07) is 19.4. The van der Waals surface area contributed by atoms with Crippen LogP contribution < -0.4 is 29.1 Å². The summed E-state index contributed by atoms with van der Waals surface area (Å²) >= 11 is 6.83. The lowest BCUT2D eigenvalue weighted by Crippen LogP contribution is -2.40. The molecular formula is C32H25BrIN3O6S. The Labute approximate surface area is 278 Å². The van der Waals surface area contributed by atoms with Crippen LogP contribution in [0.4, 0.5) is 0 Å². The van der Waals surface area contributed by atoms with Crippen LogP contribution in [0.2, 0.25) is 0 Å². The third-order valence-corrected chi connectivity index (χ3v) is 8.94. The molecule has 12 heteroatoms. The lowest BCUT2D eigenvalue weighted by atomic mass is 9.93. The van der Waals surface area contributed by atoms with Crippen molar-refractivity contribution in [3.63, 3.8) is 0 Å². The highest BCUT2D eigenvalue weighted by Gasteiger charge is 2.35. The highest BCUT2D eigenvalue weighted by molar-refractivity contribution is 14.1. The van der Waals surface area contributed by atoms with Crippen LogP contribution in [0, 0.1) is 14.9 Å². The molecule has 1 aromatic heterocycles. The van der Waals surface area contributed by atoms with Crippen LogP contribution in [0.15, 0.2) is 80.5 Å². The minimum atomic E-state index is -0.889. The van der Waals surface area contributed by atoms with Crippen LogP contribution >= 0.6 is 49.9 Å². The number of thiazole rings is 1. The molecule has 1 atom stereocenters. The van der Waals surface area contributed by atoms with Crippen molar-refractivity contribution >= 4 is 67.6 Å². The summed E-state index contributed by atoms with van der Waals surface area (Å²) in [6.45, 7) is 1.72. The smallest absolute Gasteiger partial charge is 0.338 e. The maximum Gasteiger partial charge on any atom is 0.338 e. The zero-order valence-electron chi connectivity index (χ0n) is 23.8. The lowest BCUT2D eigenvalue weighted by Gasteiger charge is -2.26. The first kappa shape index (κ1) is 31.5. The molecule has 4 aromatic rings. The molecule has 0 bridgehead atoms. The molecule has 0 fully saturated rings. The lowest BCUT2D eigenvalue weighted by molar-refractivity contribution is -0.138. The van der Waals surface area contributed by atoms with Crippen molar-refractivity contribution in [2.45, 2.75) is 13.0 Å². The predicted octanol–water partition coefficient (Wildman–Crippen LogP) is 5.22. The Morgan fingerprint density at radius 2 is 1.89 bits per heavy atom. The third kappa shape index (κ3) is 6.17. The molecule has 0 amide bonds. The number of rotatable bonds is 9. The van der Waals surface area contributed by atoms with Crippen LogP contribution in [0.25, 0.3) is 11.8 Å². The summed E-state index contributed by atoms with van der Waals surface area (Å²) in [5.41, 5.74) is 2.19. The number of nitriles is 1. The number of carbonyl (C=O) groups is 1. The molecule has 0 N–H and O–H groups in total. The third-order valence-electron chi connectivity index (χ3n) is 6.70. The number of methoxy groups -OCH3 is 2. The van der Waals surface area contributed by atoms with Gasteiger partial charge in [-0.25, -0.2) is 9.79 Å². The predicted molar refractivity (Wildman–Crippen MR) is 179 cm³/mol. The van der Waals surface area contributed by atoms with Crippen LogP contribution in [0.5, 0.6) is 17.2 Å². The summed E-state index contributed by atoms with van der Waals surface area (Å²) in [5.74, 6) is 0.840. The van der Waals surface area contributed by atoms with E-state index < -0.39 is 12.0 Å². The second-order valence-corrected chi connectivity index (χ2v) is 12.4. The van der Waals surface area contributed by atoms with Gasteiger partial charge in [-0.1, -0.05) is 63.7 Å². The molecular weight excluding hydrogens is 761 g/mol. The largest absolute Gasteiger partial charge is 0.493 e. The first-order valence-corrected chi connectivity index (χ1v) is 16.0. The molecule has 0 radical (unpaired) electrons. The second-order valence-electron chi connectivity index (χ2n) is 9.30. The average Bonchev–Trinajstić information content (AvgIpc) is 3.34. The molecule has 44 heavy (non-hydrogen) atoms. The summed E-state index contributed by atoms with van der Waals surface area (Å²) in [4.78, 5) is 33.3. The maximum absolute atomic E-state index is 14.3. The van der Waals surface area contributed by atoms with Crippen molar-refractivity contribution in [2.24, 2.45) is 4.99 Å². The van der Waals surface area contributed by atoms with Gasteiger partial charge in [0.1, 0.15) is 11.8 Å². The van der Waals surface area contributed by atoms with Gasteiger partial charge in [0, 0.05) is 15.6 Å². The van der Waals surface area contributed by atoms with Gasteiger partial charge in [-0.3, -0.25) is 9.36 Å². The zero-order chi connectivity index (χ0) is 31.4. The summed E-state index contributed by atoms with van der Waals surface area (Å²) < 4.78 is 25.7. The van der Waals surface area contributed by atoms with Gasteiger partial charge in [-0.05, 0) is 65.4 Å². The van der Waals surface area contributed by atoms with E-state index in [0.29, 0.717) is 49.0 Å². The number of fused-ring (bicyclic) bond motifs is 1. The van der Waals surface area contributed by atoms with Crippen molar-refractivity contribution < 1.29 is 23.7 Å². The van der Waals surface area contributed by atoms with Crippen LogP contribution in [-0.2, 0) is 9.53 Å². The van der Waals surface area contributed by atoms with Crippen LogP contribution in [0.1, 0.15) is 29.7 Å². The molecule has 9 nitrogen and oxygen atoms in total. The number of esters is 1. The second kappa shape index (κ2) is 13.8. The van der Waals surface area contributed by atoms with E-state index in [1.54, 1.807) is 31.2 Å². The van der Waals surface area contributed by atoms with E-state index in [-0.39, 0.29) is 24.3 Å². The van der Waals surface area contributed by atoms with Gasteiger partial charge in [-0.15, -0.1) is 0 Å². The molecule has 2 heterocycles. The molecule has 5 rings (SSSR count). The van der Waals surface area contributed by atoms with E-state index in [1.807, 2.05) is 48.5 Å². The van der Waals surface area contributed by atoms with Crippen LogP contribution in [-0.4, -0.2) is 38.0 Å². The van der Waals surface area contributed by atoms with Crippen molar-refractivity contribution in [1.82, 2.24) is 4.57 Å². The topological polar surface area (TPSA) is 112 Å². The summed E-state index contributed by atoms with van der Waals surface area (Å²) in [5, 5.41) is 9.12. The van der Waals surface area contributed by atoms with Gasteiger partial charge >= 0.3 is 5.97 Å². The van der Waals surface area contributed by atoms with Gasteiger partial charge < -0.3 is 18.9 Å². The number of halogens is 2. The van der Waals surface area contributed by atoms with Gasteiger partial charge in [0.2, 0.25) is 0 Å². The molecule has 3 aromatic carbocycles. The fraction of sp³-hybridized carbons (Fsp3) is 0.188. The molecule has 0 saturated carbocycles. The summed E-state index contributed by atoms with van der Waals surface area (Å²) in [6.07, 6.45) is 1.71. The Hall–Kier alpha value is -3.93. The number of nitrogens with zero attached hydrogens (tertiary/aromatic N) is 3. The number of hydrogen-bond acceptors (Lipinski definition) is 9. The van der Waals surface area contributed by atoms with E-state index in [1.165, 1.54) is 30.1 Å². The number of ether oxygens (including phenoxy) is 4. The van der Waals surface area contributed by atoms with E-state index >= 15 is 0 Å². The Bertz CT molecular complexity index is 2000. The van der Waals surface area contributed by atoms with E-state index in [4.69, 9.17) is 29.2 Å². The fourth-order valence-electron chi connectivity index (χ4n) is 4.86. The first-order valence-electron chi connectivity index (χ1n) is 13.3. The van der Waals surface area contributed by atoms with Crippen molar-refractivity contribution in [1.29, 1.82) is 5.26 Å². The maximum atomic E-state index is 14.3. The normalized spacial score (nSPS) is 14.4. The minimum absolute atomic E-state index is 0.139. The number of benzene rings is 3. The Balaban J connectivity index is 1.85. The molecule has 0 saturated heterocycles. The van der Waals surface area contributed by atoms with Crippen molar-refractivity contribution in [3.05, 3.63) is 111 Å². The Morgan fingerprint density at radius 1 is 1.14 bits per heavy atom. The van der Waals surface area contributed by atoms with Gasteiger partial charge in [-0.2, -0.15) is 5.26 Å². The van der Waals surface area contributed by atoms with Crippen molar-refractivity contribution in [3.8, 4) is 23.3 Å².